The van der Waals surface area contributed by atoms with E-state index in [1.807, 2.05) is 11.3 Å². The molecule has 0 nitrogen and oxygen atoms in total. The molecule has 2 aromatic heterocycles. The third kappa shape index (κ3) is 2.05. The van der Waals surface area contributed by atoms with E-state index in [-0.39, 0.29) is 0 Å². The van der Waals surface area contributed by atoms with Crippen molar-refractivity contribution >= 4 is 35.3 Å². The van der Waals surface area contributed by atoms with E-state index >= 15 is 0 Å². The lowest BCUT2D eigenvalue weighted by Crippen LogP contribution is -1.77. The highest BCUT2D eigenvalue weighted by Crippen LogP contribution is 2.36. The van der Waals surface area contributed by atoms with E-state index < -0.39 is 0 Å². The van der Waals surface area contributed by atoms with Gasteiger partial charge in [0.2, 0.25) is 0 Å². The Kier molecular flexibility index (Phi) is 3.00. The maximum Gasteiger partial charge on any atom is 0.0574 e. The van der Waals surface area contributed by atoms with E-state index in [1.165, 1.54) is 14.6 Å². The molecule has 0 amide bonds. The number of hydrogen-bond acceptors (Lipinski definition) is 3. The molecule has 0 saturated heterocycles. The molecule has 2 rings (SSSR count). The molecule has 0 aliphatic rings. The molecule has 14 heavy (non-hydrogen) atoms. The van der Waals surface area contributed by atoms with Crippen LogP contribution in [-0.4, -0.2) is 0 Å². The van der Waals surface area contributed by atoms with Gasteiger partial charge in [0.1, 0.15) is 0 Å². The Morgan fingerprint density at radius 2 is 1.64 bits per heavy atom. The first kappa shape index (κ1) is 10.3. The molecule has 0 N–H and O–H groups in total. The normalized spacial score (nSPS) is 11.1. The zero-order valence-electron chi connectivity index (χ0n) is 8.15. The van der Waals surface area contributed by atoms with Crippen LogP contribution in [0.25, 0.3) is 9.75 Å². The van der Waals surface area contributed by atoms with E-state index in [1.54, 1.807) is 11.3 Å². The van der Waals surface area contributed by atoms with E-state index in [2.05, 4.69) is 50.7 Å². The molecule has 0 fully saturated rings. The van der Waals surface area contributed by atoms with E-state index in [0.717, 1.165) is 4.21 Å². The monoisotopic (exact) mass is 240 g/mol. The molecule has 74 valence electrons. The Hall–Kier alpha value is -0.250. The summed E-state index contributed by atoms with van der Waals surface area (Å²) in [7, 11) is 0. The van der Waals surface area contributed by atoms with Gasteiger partial charge >= 0.3 is 0 Å². The molecule has 0 atom stereocenters. The maximum absolute atomic E-state index is 4.33. The van der Waals surface area contributed by atoms with E-state index in [0.29, 0.717) is 5.92 Å². The van der Waals surface area contributed by atoms with Gasteiger partial charge in [-0.1, -0.05) is 13.8 Å². The van der Waals surface area contributed by atoms with Crippen molar-refractivity contribution in [1.82, 2.24) is 0 Å². The molecule has 0 aromatic carbocycles. The first-order valence-electron chi connectivity index (χ1n) is 4.55. The lowest BCUT2D eigenvalue weighted by atomic mass is 10.2. The molecule has 0 saturated carbocycles. The standard InChI is InChI=1S/C11H12S3/c1-7(2)8-3-4-9(13-8)10-5-6-11(12)14-10/h3-7,12H,1-2H3. The maximum atomic E-state index is 4.33. The number of thiophene rings is 2. The van der Waals surface area contributed by atoms with Gasteiger partial charge in [0.25, 0.3) is 0 Å². The van der Waals surface area contributed by atoms with Crippen LogP contribution in [0, 0.1) is 0 Å². The smallest absolute Gasteiger partial charge is 0.0574 e. The zero-order chi connectivity index (χ0) is 10.1. The Balaban J connectivity index is 2.33. The average molecular weight is 240 g/mol. The molecule has 2 aromatic rings. The Morgan fingerprint density at radius 3 is 2.14 bits per heavy atom. The van der Waals surface area contributed by atoms with Crippen molar-refractivity contribution in [1.29, 1.82) is 0 Å². The second kappa shape index (κ2) is 4.09. The highest BCUT2D eigenvalue weighted by atomic mass is 32.2. The minimum absolute atomic E-state index is 0.629. The van der Waals surface area contributed by atoms with Crippen LogP contribution in [0.2, 0.25) is 0 Å². The summed E-state index contributed by atoms with van der Waals surface area (Å²) in [6, 6.07) is 8.63. The van der Waals surface area contributed by atoms with Gasteiger partial charge in [-0.25, -0.2) is 0 Å². The van der Waals surface area contributed by atoms with Gasteiger partial charge < -0.3 is 0 Å². The largest absolute Gasteiger partial charge is 0.139 e. The third-order valence-electron chi connectivity index (χ3n) is 2.03. The van der Waals surface area contributed by atoms with Crippen LogP contribution < -0.4 is 0 Å². The van der Waals surface area contributed by atoms with Crippen LogP contribution in [0.15, 0.2) is 28.5 Å². The molecule has 0 aliphatic heterocycles. The molecular formula is C11H12S3. The topological polar surface area (TPSA) is 0 Å². The summed E-state index contributed by atoms with van der Waals surface area (Å²) >= 11 is 7.95. The van der Waals surface area contributed by atoms with E-state index in [4.69, 9.17) is 0 Å². The first-order valence-corrected chi connectivity index (χ1v) is 6.64. The Bertz CT molecular complexity index is 423. The van der Waals surface area contributed by atoms with Gasteiger partial charge in [0.15, 0.2) is 0 Å². The SMILES string of the molecule is CC(C)c1ccc(-c2ccc(S)s2)s1. The summed E-state index contributed by atoms with van der Waals surface area (Å²) in [4.78, 5) is 4.14. The van der Waals surface area contributed by atoms with Crippen LogP contribution in [0.3, 0.4) is 0 Å². The van der Waals surface area contributed by atoms with Crippen LogP contribution >= 0.6 is 35.3 Å². The summed E-state index contributed by atoms with van der Waals surface area (Å²) in [5.41, 5.74) is 0. The van der Waals surface area contributed by atoms with Crippen molar-refractivity contribution < 1.29 is 0 Å². The summed E-state index contributed by atoms with van der Waals surface area (Å²) < 4.78 is 1.08. The fourth-order valence-corrected chi connectivity index (χ4v) is 3.47. The number of rotatable bonds is 2. The second-order valence-electron chi connectivity index (χ2n) is 3.49. The van der Waals surface area contributed by atoms with Crippen molar-refractivity contribution in [3.05, 3.63) is 29.1 Å². The van der Waals surface area contributed by atoms with Gasteiger partial charge in [-0.15, -0.1) is 35.3 Å². The highest BCUT2D eigenvalue weighted by molar-refractivity contribution is 7.83. The van der Waals surface area contributed by atoms with E-state index in [9.17, 15) is 0 Å². The van der Waals surface area contributed by atoms with Crippen LogP contribution in [0.4, 0.5) is 0 Å². The summed E-state index contributed by atoms with van der Waals surface area (Å²) in [6.07, 6.45) is 0. The van der Waals surface area contributed by atoms with Crippen molar-refractivity contribution in [2.75, 3.05) is 0 Å². The van der Waals surface area contributed by atoms with Crippen LogP contribution in [-0.2, 0) is 0 Å². The van der Waals surface area contributed by atoms with Gasteiger partial charge in [0.05, 0.1) is 4.21 Å². The lowest BCUT2D eigenvalue weighted by molar-refractivity contribution is 0.890. The molecular weight excluding hydrogens is 228 g/mol. The number of thiol groups is 1. The Labute approximate surface area is 98.0 Å². The Morgan fingerprint density at radius 1 is 1.00 bits per heavy atom. The van der Waals surface area contributed by atoms with Crippen molar-refractivity contribution in [3.8, 4) is 9.75 Å². The first-order chi connectivity index (χ1) is 6.66. The van der Waals surface area contributed by atoms with Crippen LogP contribution in [0.5, 0.6) is 0 Å². The van der Waals surface area contributed by atoms with Crippen molar-refractivity contribution in [2.45, 2.75) is 24.0 Å². The molecule has 2 heterocycles. The van der Waals surface area contributed by atoms with Gasteiger partial charge in [-0.3, -0.25) is 0 Å². The average Bonchev–Trinajstić information content (AvgIpc) is 2.70. The molecule has 0 unspecified atom stereocenters. The van der Waals surface area contributed by atoms with Gasteiger partial charge in [0, 0.05) is 14.6 Å². The fraction of sp³-hybridized carbons (Fsp3) is 0.273. The van der Waals surface area contributed by atoms with Crippen LogP contribution in [0.1, 0.15) is 24.6 Å². The van der Waals surface area contributed by atoms with Crippen molar-refractivity contribution in [2.24, 2.45) is 0 Å². The predicted molar refractivity (Wildman–Crippen MR) is 69.0 cm³/mol. The fourth-order valence-electron chi connectivity index (χ4n) is 1.26. The lowest BCUT2D eigenvalue weighted by Gasteiger charge is -1.97. The molecule has 0 aliphatic carbocycles. The molecule has 3 heteroatoms. The predicted octanol–water partition coefficient (Wildman–Crippen LogP) is 4.89. The van der Waals surface area contributed by atoms with Gasteiger partial charge in [-0.05, 0) is 30.2 Å². The molecule has 0 bridgehead atoms. The molecule has 0 spiro atoms. The second-order valence-corrected chi connectivity index (χ2v) is 6.48. The summed E-state index contributed by atoms with van der Waals surface area (Å²) in [6.45, 7) is 4.46. The van der Waals surface area contributed by atoms with Gasteiger partial charge in [-0.2, -0.15) is 0 Å². The molecule has 0 radical (unpaired) electrons. The van der Waals surface area contributed by atoms with Crippen molar-refractivity contribution in [3.63, 3.8) is 0 Å². The number of hydrogen-bond donors (Lipinski definition) is 1. The third-order valence-corrected chi connectivity index (χ3v) is 4.92. The highest BCUT2D eigenvalue weighted by Gasteiger charge is 2.06. The summed E-state index contributed by atoms with van der Waals surface area (Å²) in [5, 5.41) is 0. The minimum Gasteiger partial charge on any atom is -0.139 e. The zero-order valence-corrected chi connectivity index (χ0v) is 10.7. The minimum atomic E-state index is 0.629. The quantitative estimate of drug-likeness (QED) is 0.710. The summed E-state index contributed by atoms with van der Waals surface area (Å²) in [5.74, 6) is 0.629.